The summed E-state index contributed by atoms with van der Waals surface area (Å²) >= 11 is 0. The molecule has 0 unspecified atom stereocenters. The first kappa shape index (κ1) is 22.4. The molecule has 0 heterocycles. The molecule has 0 aromatic heterocycles. The van der Waals surface area contributed by atoms with E-state index in [1.54, 1.807) is 0 Å². The fourth-order valence-electron chi connectivity index (χ4n) is 2.06. The number of allylic oxidation sites excluding steroid dienone is 7. The number of unbranched alkanes of at least 4 members (excludes halogenated alkanes) is 3. The van der Waals surface area contributed by atoms with Gasteiger partial charge in [0.05, 0.1) is 0 Å². The van der Waals surface area contributed by atoms with Crippen LogP contribution in [-0.2, 0) is 9.68 Å². The molecule has 0 saturated heterocycles. The van der Waals surface area contributed by atoms with Crippen LogP contribution in [0.3, 0.4) is 0 Å². The molecule has 0 aromatic carbocycles. The number of aliphatic carboxylic acids is 1. The van der Waals surface area contributed by atoms with E-state index in [2.05, 4.69) is 30.0 Å². The van der Waals surface area contributed by atoms with Crippen molar-refractivity contribution in [1.82, 2.24) is 0 Å². The van der Waals surface area contributed by atoms with Crippen molar-refractivity contribution in [2.75, 3.05) is 0 Å². The SMILES string of the molecule is CCCCC[C@@H](/C=C/C=C/C/C=C\C/C=C\CCCC(=O)O)OO. The van der Waals surface area contributed by atoms with E-state index in [1.165, 1.54) is 0 Å². The van der Waals surface area contributed by atoms with E-state index in [1.807, 2.05) is 30.4 Å². The maximum atomic E-state index is 10.3. The predicted molar refractivity (Wildman–Crippen MR) is 98.9 cm³/mol. The number of carbonyl (C=O) groups is 1. The molecule has 0 aromatic rings. The Morgan fingerprint density at radius 2 is 1.71 bits per heavy atom. The van der Waals surface area contributed by atoms with Crippen LogP contribution in [0.4, 0.5) is 0 Å². The zero-order valence-corrected chi connectivity index (χ0v) is 14.8. The molecule has 0 aliphatic carbocycles. The summed E-state index contributed by atoms with van der Waals surface area (Å²) in [5, 5.41) is 17.3. The largest absolute Gasteiger partial charge is 0.481 e. The van der Waals surface area contributed by atoms with Crippen molar-refractivity contribution in [3.63, 3.8) is 0 Å². The number of rotatable bonds is 15. The normalized spacial score (nSPS) is 13.8. The summed E-state index contributed by atoms with van der Waals surface area (Å²) in [6.07, 6.45) is 23.5. The first-order valence-corrected chi connectivity index (χ1v) is 8.86. The molecule has 0 saturated carbocycles. The van der Waals surface area contributed by atoms with Gasteiger partial charge in [-0.1, -0.05) is 74.8 Å². The van der Waals surface area contributed by atoms with Gasteiger partial charge < -0.3 is 5.11 Å². The molecule has 0 rings (SSSR count). The fourth-order valence-corrected chi connectivity index (χ4v) is 2.06. The van der Waals surface area contributed by atoms with Gasteiger partial charge in [-0.25, -0.2) is 4.89 Å². The number of hydrogen-bond donors (Lipinski definition) is 2. The lowest BCUT2D eigenvalue weighted by Gasteiger charge is -2.07. The van der Waals surface area contributed by atoms with Crippen molar-refractivity contribution in [1.29, 1.82) is 0 Å². The molecule has 4 nitrogen and oxygen atoms in total. The maximum absolute atomic E-state index is 10.3. The van der Waals surface area contributed by atoms with Crippen molar-refractivity contribution < 1.29 is 20.0 Å². The molecule has 0 bridgehead atoms. The topological polar surface area (TPSA) is 66.8 Å². The van der Waals surface area contributed by atoms with Gasteiger partial charge in [-0.2, -0.15) is 0 Å². The fraction of sp³-hybridized carbons (Fsp3) is 0.550. The Morgan fingerprint density at radius 1 is 1.00 bits per heavy atom. The van der Waals surface area contributed by atoms with E-state index in [0.29, 0.717) is 6.42 Å². The van der Waals surface area contributed by atoms with Crippen LogP contribution in [0.25, 0.3) is 0 Å². The second kappa shape index (κ2) is 17.7. The van der Waals surface area contributed by atoms with E-state index in [9.17, 15) is 4.79 Å². The van der Waals surface area contributed by atoms with Crippen LogP contribution in [-0.4, -0.2) is 22.4 Å². The Kier molecular flexibility index (Phi) is 16.5. The molecule has 1 atom stereocenters. The van der Waals surface area contributed by atoms with Crippen molar-refractivity contribution in [3.05, 3.63) is 48.6 Å². The van der Waals surface area contributed by atoms with Crippen LogP contribution in [0.1, 0.15) is 64.7 Å². The van der Waals surface area contributed by atoms with Gasteiger partial charge in [0, 0.05) is 6.42 Å². The zero-order valence-electron chi connectivity index (χ0n) is 14.8. The molecule has 0 spiro atoms. The Balaban J connectivity index is 3.70. The van der Waals surface area contributed by atoms with Crippen molar-refractivity contribution in [2.45, 2.75) is 70.8 Å². The third-order valence-electron chi connectivity index (χ3n) is 3.44. The van der Waals surface area contributed by atoms with Crippen LogP contribution < -0.4 is 0 Å². The minimum absolute atomic E-state index is 0.219. The van der Waals surface area contributed by atoms with Gasteiger partial charge in [-0.15, -0.1) is 0 Å². The Morgan fingerprint density at radius 3 is 2.38 bits per heavy atom. The summed E-state index contributed by atoms with van der Waals surface area (Å²) in [5.74, 6) is -0.734. The standard InChI is InChI=1S/C20H32O4/c1-2-3-13-16-19(24-23)17-14-11-9-7-5-4-6-8-10-12-15-18-20(21)22/h4-5,8-11,14,17,19,23H,2-3,6-7,12-13,15-16,18H2,1H3,(H,21,22)/b5-4-,10-8-,11-9+,17-14+/t19-/m0/s1. The minimum Gasteiger partial charge on any atom is -0.481 e. The second-order valence-corrected chi connectivity index (χ2v) is 5.65. The van der Waals surface area contributed by atoms with E-state index in [-0.39, 0.29) is 12.5 Å². The van der Waals surface area contributed by atoms with Crippen LogP contribution in [0.5, 0.6) is 0 Å². The maximum Gasteiger partial charge on any atom is 0.303 e. The Hall–Kier alpha value is -1.65. The third kappa shape index (κ3) is 16.7. The lowest BCUT2D eigenvalue weighted by atomic mass is 10.1. The van der Waals surface area contributed by atoms with Gasteiger partial charge in [0.1, 0.15) is 6.10 Å². The number of carboxylic acid groups (broad SMARTS) is 1. The van der Waals surface area contributed by atoms with E-state index < -0.39 is 5.97 Å². The molecular weight excluding hydrogens is 304 g/mol. The van der Waals surface area contributed by atoms with Crippen LogP contribution in [0.2, 0.25) is 0 Å². The quantitative estimate of drug-likeness (QED) is 0.133. The monoisotopic (exact) mass is 336 g/mol. The average molecular weight is 336 g/mol. The molecule has 2 N–H and O–H groups in total. The summed E-state index contributed by atoms with van der Waals surface area (Å²) in [4.78, 5) is 14.8. The van der Waals surface area contributed by atoms with Crippen molar-refractivity contribution in [2.24, 2.45) is 0 Å². The molecule has 0 radical (unpaired) electrons. The zero-order chi connectivity index (χ0) is 17.9. The summed E-state index contributed by atoms with van der Waals surface area (Å²) in [6.45, 7) is 2.15. The van der Waals surface area contributed by atoms with Gasteiger partial charge >= 0.3 is 5.97 Å². The highest BCUT2D eigenvalue weighted by Gasteiger charge is 2.02. The van der Waals surface area contributed by atoms with Crippen molar-refractivity contribution >= 4 is 5.97 Å². The van der Waals surface area contributed by atoms with Gasteiger partial charge in [-0.05, 0) is 32.1 Å². The number of carboxylic acids is 1. The first-order chi connectivity index (χ1) is 11.7. The lowest BCUT2D eigenvalue weighted by molar-refractivity contribution is -0.267. The molecule has 24 heavy (non-hydrogen) atoms. The predicted octanol–water partition coefficient (Wildman–Crippen LogP) is 5.68. The van der Waals surface area contributed by atoms with Gasteiger partial charge in [0.25, 0.3) is 0 Å². The van der Waals surface area contributed by atoms with Crippen molar-refractivity contribution in [3.8, 4) is 0 Å². The van der Waals surface area contributed by atoms with E-state index in [4.69, 9.17) is 10.4 Å². The summed E-state index contributed by atoms with van der Waals surface area (Å²) in [6, 6.07) is 0. The van der Waals surface area contributed by atoms with Gasteiger partial charge in [0.15, 0.2) is 0 Å². The lowest BCUT2D eigenvalue weighted by Crippen LogP contribution is -2.06. The smallest absolute Gasteiger partial charge is 0.303 e. The van der Waals surface area contributed by atoms with Gasteiger partial charge in [-0.3, -0.25) is 10.1 Å². The first-order valence-electron chi connectivity index (χ1n) is 8.86. The summed E-state index contributed by atoms with van der Waals surface area (Å²) < 4.78 is 0. The molecule has 0 aliphatic heterocycles. The molecule has 0 aliphatic rings. The molecule has 0 fully saturated rings. The summed E-state index contributed by atoms with van der Waals surface area (Å²) in [7, 11) is 0. The second-order valence-electron chi connectivity index (χ2n) is 5.65. The highest BCUT2D eigenvalue weighted by atomic mass is 17.1. The Labute approximate surface area is 146 Å². The van der Waals surface area contributed by atoms with E-state index >= 15 is 0 Å². The highest BCUT2D eigenvalue weighted by Crippen LogP contribution is 2.07. The highest BCUT2D eigenvalue weighted by molar-refractivity contribution is 5.66. The van der Waals surface area contributed by atoms with E-state index in [0.717, 1.165) is 44.9 Å². The molecular formula is C20H32O4. The molecule has 4 heteroatoms. The number of hydrogen-bond acceptors (Lipinski definition) is 3. The Bertz CT molecular complexity index is 408. The molecule has 136 valence electrons. The average Bonchev–Trinajstić information content (AvgIpc) is 2.57. The van der Waals surface area contributed by atoms with Crippen LogP contribution in [0.15, 0.2) is 48.6 Å². The third-order valence-corrected chi connectivity index (χ3v) is 3.44. The van der Waals surface area contributed by atoms with Gasteiger partial charge in [0.2, 0.25) is 0 Å². The van der Waals surface area contributed by atoms with Crippen LogP contribution in [0, 0.1) is 0 Å². The molecule has 0 amide bonds. The summed E-state index contributed by atoms with van der Waals surface area (Å²) in [5.41, 5.74) is 0. The minimum atomic E-state index is -0.734. The van der Waals surface area contributed by atoms with Crippen LogP contribution >= 0.6 is 0 Å².